The van der Waals surface area contributed by atoms with Crippen LogP contribution in [-0.4, -0.2) is 40.8 Å². The van der Waals surface area contributed by atoms with Gasteiger partial charge in [0, 0.05) is 13.1 Å². The zero-order valence-corrected chi connectivity index (χ0v) is 10.3. The number of hydrogen-bond acceptors (Lipinski definition) is 3. The van der Waals surface area contributed by atoms with Gasteiger partial charge in [-0.1, -0.05) is 36.4 Å². The Morgan fingerprint density at radius 2 is 2.00 bits per heavy atom. The summed E-state index contributed by atoms with van der Waals surface area (Å²) < 4.78 is 0. The highest BCUT2D eigenvalue weighted by molar-refractivity contribution is 5.66. The van der Waals surface area contributed by atoms with E-state index in [4.69, 9.17) is 10.2 Å². The lowest BCUT2D eigenvalue weighted by molar-refractivity contribution is -0.137. The van der Waals surface area contributed by atoms with Crippen LogP contribution in [0.15, 0.2) is 43.0 Å². The summed E-state index contributed by atoms with van der Waals surface area (Å²) in [6.07, 6.45) is 1.82. The lowest BCUT2D eigenvalue weighted by Crippen LogP contribution is -2.32. The molecular formula is C14H19NO3. The predicted molar refractivity (Wildman–Crippen MR) is 70.3 cm³/mol. The Labute approximate surface area is 107 Å². The van der Waals surface area contributed by atoms with Gasteiger partial charge in [-0.15, -0.1) is 6.58 Å². The van der Waals surface area contributed by atoms with Crippen molar-refractivity contribution in [2.75, 3.05) is 19.7 Å². The monoisotopic (exact) mass is 249 g/mol. The molecule has 0 radical (unpaired) electrons. The van der Waals surface area contributed by atoms with Crippen molar-refractivity contribution in [2.24, 2.45) is 0 Å². The Morgan fingerprint density at radius 3 is 2.50 bits per heavy atom. The predicted octanol–water partition coefficient (Wildman–Crippen LogP) is 1.68. The van der Waals surface area contributed by atoms with Gasteiger partial charge in [-0.25, -0.2) is 0 Å². The fourth-order valence-electron chi connectivity index (χ4n) is 1.90. The molecule has 0 aliphatic carbocycles. The first-order valence-corrected chi connectivity index (χ1v) is 5.93. The molecule has 1 unspecified atom stereocenters. The molecule has 1 rings (SSSR count). The van der Waals surface area contributed by atoms with Crippen molar-refractivity contribution in [2.45, 2.75) is 12.5 Å². The molecule has 0 fully saturated rings. The van der Waals surface area contributed by atoms with E-state index < -0.39 is 5.97 Å². The third kappa shape index (κ3) is 4.31. The van der Waals surface area contributed by atoms with Crippen LogP contribution in [0.1, 0.15) is 18.0 Å². The molecule has 1 aromatic rings. The fourth-order valence-corrected chi connectivity index (χ4v) is 1.90. The molecule has 98 valence electrons. The summed E-state index contributed by atoms with van der Waals surface area (Å²) in [7, 11) is 0. The highest BCUT2D eigenvalue weighted by Gasteiger charge is 2.17. The van der Waals surface area contributed by atoms with Crippen LogP contribution in [-0.2, 0) is 4.79 Å². The Hall–Kier alpha value is -1.65. The largest absolute Gasteiger partial charge is 0.481 e. The van der Waals surface area contributed by atoms with Gasteiger partial charge in [-0.3, -0.25) is 9.69 Å². The van der Waals surface area contributed by atoms with Crippen LogP contribution in [0.3, 0.4) is 0 Å². The standard InChI is InChI=1S/C14H19NO3/c1-2-13(12-6-4-3-5-7-12)15(10-11-16)9-8-14(17)18/h2-7,13,16H,1,8-11H2,(H,17,18). The van der Waals surface area contributed by atoms with Gasteiger partial charge in [0.25, 0.3) is 0 Å². The second-order valence-corrected chi connectivity index (χ2v) is 3.99. The van der Waals surface area contributed by atoms with Gasteiger partial charge in [0.2, 0.25) is 0 Å². The molecule has 0 bridgehead atoms. The van der Waals surface area contributed by atoms with E-state index in [0.717, 1.165) is 5.56 Å². The molecule has 1 atom stereocenters. The number of aliphatic hydroxyl groups is 1. The second kappa shape index (κ2) is 7.63. The zero-order chi connectivity index (χ0) is 13.4. The Bertz CT molecular complexity index is 378. The van der Waals surface area contributed by atoms with Crippen molar-refractivity contribution in [3.63, 3.8) is 0 Å². The minimum atomic E-state index is -0.839. The number of carboxylic acid groups (broad SMARTS) is 1. The summed E-state index contributed by atoms with van der Waals surface area (Å²) in [6.45, 7) is 4.61. The Kier molecular flexibility index (Phi) is 6.11. The van der Waals surface area contributed by atoms with Gasteiger partial charge < -0.3 is 10.2 Å². The minimum Gasteiger partial charge on any atom is -0.481 e. The van der Waals surface area contributed by atoms with Crippen molar-refractivity contribution < 1.29 is 15.0 Å². The van der Waals surface area contributed by atoms with Gasteiger partial charge in [0.15, 0.2) is 0 Å². The Balaban J connectivity index is 2.80. The number of nitrogens with zero attached hydrogens (tertiary/aromatic N) is 1. The van der Waals surface area contributed by atoms with Gasteiger partial charge in [0.1, 0.15) is 0 Å². The highest BCUT2D eigenvalue weighted by Crippen LogP contribution is 2.21. The van der Waals surface area contributed by atoms with Gasteiger partial charge in [-0.2, -0.15) is 0 Å². The molecule has 0 saturated heterocycles. The topological polar surface area (TPSA) is 60.8 Å². The van der Waals surface area contributed by atoms with Crippen molar-refractivity contribution in [3.8, 4) is 0 Å². The maximum absolute atomic E-state index is 10.6. The van der Waals surface area contributed by atoms with E-state index in [-0.39, 0.29) is 19.1 Å². The van der Waals surface area contributed by atoms with E-state index in [1.54, 1.807) is 6.08 Å². The van der Waals surface area contributed by atoms with E-state index in [0.29, 0.717) is 13.1 Å². The molecule has 0 saturated carbocycles. The summed E-state index contributed by atoms with van der Waals surface area (Å²) in [6, 6.07) is 9.66. The molecule has 4 heteroatoms. The summed E-state index contributed by atoms with van der Waals surface area (Å²) in [5.41, 5.74) is 1.05. The third-order valence-corrected chi connectivity index (χ3v) is 2.76. The number of aliphatic hydroxyl groups excluding tert-OH is 1. The Morgan fingerprint density at radius 1 is 1.33 bits per heavy atom. The number of rotatable bonds is 8. The molecule has 1 aromatic carbocycles. The van der Waals surface area contributed by atoms with Crippen LogP contribution in [0.25, 0.3) is 0 Å². The number of hydrogen-bond donors (Lipinski definition) is 2. The van der Waals surface area contributed by atoms with Gasteiger partial charge in [0.05, 0.1) is 19.1 Å². The first-order chi connectivity index (χ1) is 8.69. The number of carboxylic acids is 1. The fraction of sp³-hybridized carbons (Fsp3) is 0.357. The zero-order valence-electron chi connectivity index (χ0n) is 10.3. The number of benzene rings is 1. The van der Waals surface area contributed by atoms with Crippen LogP contribution in [0, 0.1) is 0 Å². The van der Waals surface area contributed by atoms with E-state index in [9.17, 15) is 4.79 Å². The van der Waals surface area contributed by atoms with Crippen LogP contribution >= 0.6 is 0 Å². The average Bonchev–Trinajstić information content (AvgIpc) is 2.38. The van der Waals surface area contributed by atoms with Crippen molar-refractivity contribution in [3.05, 3.63) is 48.6 Å². The maximum Gasteiger partial charge on any atom is 0.304 e. The number of aliphatic carboxylic acids is 1. The normalized spacial score (nSPS) is 12.3. The van der Waals surface area contributed by atoms with Crippen molar-refractivity contribution >= 4 is 5.97 Å². The molecule has 0 heterocycles. The second-order valence-electron chi connectivity index (χ2n) is 3.99. The lowest BCUT2D eigenvalue weighted by atomic mass is 10.1. The summed E-state index contributed by atoms with van der Waals surface area (Å²) in [5, 5.41) is 17.8. The molecule has 2 N–H and O–H groups in total. The smallest absolute Gasteiger partial charge is 0.304 e. The van der Waals surface area contributed by atoms with Gasteiger partial charge >= 0.3 is 5.97 Å². The van der Waals surface area contributed by atoms with E-state index in [2.05, 4.69) is 6.58 Å². The van der Waals surface area contributed by atoms with Crippen LogP contribution in [0.4, 0.5) is 0 Å². The maximum atomic E-state index is 10.6. The first-order valence-electron chi connectivity index (χ1n) is 5.93. The molecular weight excluding hydrogens is 230 g/mol. The van der Waals surface area contributed by atoms with Crippen molar-refractivity contribution in [1.29, 1.82) is 0 Å². The molecule has 18 heavy (non-hydrogen) atoms. The minimum absolute atomic E-state index is 0.00318. The third-order valence-electron chi connectivity index (χ3n) is 2.76. The molecule has 4 nitrogen and oxygen atoms in total. The van der Waals surface area contributed by atoms with Gasteiger partial charge in [-0.05, 0) is 5.56 Å². The SMILES string of the molecule is C=CC(c1ccccc1)N(CCO)CCC(=O)O. The quantitative estimate of drug-likeness (QED) is 0.688. The summed E-state index contributed by atoms with van der Waals surface area (Å²) in [4.78, 5) is 12.6. The van der Waals surface area contributed by atoms with Crippen molar-refractivity contribution in [1.82, 2.24) is 4.90 Å². The average molecular weight is 249 g/mol. The summed E-state index contributed by atoms with van der Waals surface area (Å²) >= 11 is 0. The van der Waals surface area contributed by atoms with Crippen LogP contribution < -0.4 is 0 Å². The van der Waals surface area contributed by atoms with Crippen LogP contribution in [0.5, 0.6) is 0 Å². The first kappa shape index (κ1) is 14.4. The van der Waals surface area contributed by atoms with Crippen LogP contribution in [0.2, 0.25) is 0 Å². The van der Waals surface area contributed by atoms with E-state index in [1.807, 2.05) is 35.2 Å². The molecule has 0 aliphatic rings. The summed E-state index contributed by atoms with van der Waals surface area (Å²) in [5.74, 6) is -0.839. The molecule has 0 aliphatic heterocycles. The molecule has 0 spiro atoms. The molecule has 0 amide bonds. The molecule has 0 aromatic heterocycles. The van der Waals surface area contributed by atoms with E-state index >= 15 is 0 Å². The highest BCUT2D eigenvalue weighted by atomic mass is 16.4. The number of carbonyl (C=O) groups is 1. The van der Waals surface area contributed by atoms with E-state index in [1.165, 1.54) is 0 Å². The lowest BCUT2D eigenvalue weighted by Gasteiger charge is -2.28.